The molecule has 1 aromatic rings. The lowest BCUT2D eigenvalue weighted by Gasteiger charge is -2.20. The molecule has 4 heteroatoms. The molecule has 0 N–H and O–H groups in total. The summed E-state index contributed by atoms with van der Waals surface area (Å²) in [5.41, 5.74) is -0.375. The van der Waals surface area contributed by atoms with Gasteiger partial charge in [0.15, 0.2) is 5.78 Å². The van der Waals surface area contributed by atoms with Crippen molar-refractivity contribution in [2.45, 2.75) is 32.1 Å². The van der Waals surface area contributed by atoms with Crippen molar-refractivity contribution in [3.63, 3.8) is 0 Å². The summed E-state index contributed by atoms with van der Waals surface area (Å²) in [6, 6.07) is 2.28. The Labute approximate surface area is 107 Å². The van der Waals surface area contributed by atoms with Crippen molar-refractivity contribution in [3.05, 3.63) is 33.8 Å². The SMILES string of the molecule is O=C(c1c(F)cc(Br)cc1F)C1CCCCC1. The first kappa shape index (κ1) is 12.7. The Morgan fingerprint density at radius 1 is 1.12 bits per heavy atom. The quantitative estimate of drug-likeness (QED) is 0.736. The molecule has 0 saturated heterocycles. The molecule has 1 saturated carbocycles. The highest BCUT2D eigenvalue weighted by Gasteiger charge is 2.27. The molecule has 0 heterocycles. The second-order valence-corrected chi connectivity index (χ2v) is 5.36. The van der Waals surface area contributed by atoms with Gasteiger partial charge >= 0.3 is 0 Å². The molecule has 2 rings (SSSR count). The summed E-state index contributed by atoms with van der Waals surface area (Å²) in [5, 5.41) is 0. The van der Waals surface area contributed by atoms with E-state index >= 15 is 0 Å². The van der Waals surface area contributed by atoms with Gasteiger partial charge in [0.05, 0.1) is 5.56 Å². The van der Waals surface area contributed by atoms with Crippen molar-refractivity contribution in [2.75, 3.05) is 0 Å². The fraction of sp³-hybridized carbons (Fsp3) is 0.462. The molecule has 92 valence electrons. The van der Waals surface area contributed by atoms with Crippen LogP contribution in [-0.2, 0) is 0 Å². The summed E-state index contributed by atoms with van der Waals surface area (Å²) in [6.45, 7) is 0. The number of hydrogen-bond acceptors (Lipinski definition) is 1. The van der Waals surface area contributed by atoms with E-state index in [0.29, 0.717) is 4.47 Å². The highest BCUT2D eigenvalue weighted by molar-refractivity contribution is 9.10. The van der Waals surface area contributed by atoms with E-state index in [1.165, 1.54) is 0 Å². The van der Waals surface area contributed by atoms with Crippen LogP contribution < -0.4 is 0 Å². The number of carbonyl (C=O) groups is 1. The Morgan fingerprint density at radius 3 is 2.18 bits per heavy atom. The van der Waals surface area contributed by atoms with E-state index in [-0.39, 0.29) is 17.3 Å². The lowest BCUT2D eigenvalue weighted by Crippen LogP contribution is -2.20. The number of rotatable bonds is 2. The molecule has 0 atom stereocenters. The Balaban J connectivity index is 2.30. The third kappa shape index (κ3) is 2.73. The fourth-order valence-electron chi connectivity index (χ4n) is 2.35. The Bertz CT molecular complexity index is 416. The third-order valence-corrected chi connectivity index (χ3v) is 3.69. The standard InChI is InChI=1S/C13H13BrF2O/c14-9-6-10(15)12(11(16)7-9)13(17)8-4-2-1-3-5-8/h6-8H,1-5H2. The van der Waals surface area contributed by atoms with Gasteiger partial charge in [0, 0.05) is 10.4 Å². The third-order valence-electron chi connectivity index (χ3n) is 3.23. The van der Waals surface area contributed by atoms with Crippen LogP contribution >= 0.6 is 15.9 Å². The van der Waals surface area contributed by atoms with Gasteiger partial charge < -0.3 is 0 Å². The number of hydrogen-bond donors (Lipinski definition) is 0. The molecule has 1 aromatic carbocycles. The molecular weight excluding hydrogens is 290 g/mol. The van der Waals surface area contributed by atoms with Crippen LogP contribution in [0.3, 0.4) is 0 Å². The number of halogens is 3. The van der Waals surface area contributed by atoms with E-state index in [1.807, 2.05) is 0 Å². The van der Waals surface area contributed by atoms with Gasteiger partial charge in [-0.25, -0.2) is 8.78 Å². The van der Waals surface area contributed by atoms with Crippen LogP contribution in [0.1, 0.15) is 42.5 Å². The van der Waals surface area contributed by atoms with Crippen molar-refractivity contribution in [2.24, 2.45) is 5.92 Å². The highest BCUT2D eigenvalue weighted by Crippen LogP contribution is 2.29. The minimum absolute atomic E-state index is 0.214. The Hall–Kier alpha value is -0.770. The number of benzene rings is 1. The summed E-state index contributed by atoms with van der Waals surface area (Å²) in [7, 11) is 0. The number of Topliss-reactive ketones (excluding diaryl/α,β-unsaturated/α-hetero) is 1. The molecule has 1 aliphatic carbocycles. The van der Waals surface area contributed by atoms with E-state index in [1.54, 1.807) is 0 Å². The van der Waals surface area contributed by atoms with Gasteiger partial charge in [-0.05, 0) is 25.0 Å². The van der Waals surface area contributed by atoms with Gasteiger partial charge in [-0.2, -0.15) is 0 Å². The monoisotopic (exact) mass is 302 g/mol. The molecule has 0 aliphatic heterocycles. The summed E-state index contributed by atoms with van der Waals surface area (Å²) in [6.07, 6.45) is 4.53. The van der Waals surface area contributed by atoms with Crippen LogP contribution in [0.4, 0.5) is 8.78 Å². The maximum Gasteiger partial charge on any atom is 0.171 e. The fourth-order valence-corrected chi connectivity index (χ4v) is 2.75. The number of ketones is 1. The molecule has 17 heavy (non-hydrogen) atoms. The lowest BCUT2D eigenvalue weighted by molar-refractivity contribution is 0.0880. The van der Waals surface area contributed by atoms with Crippen molar-refractivity contribution in [3.8, 4) is 0 Å². The first-order valence-electron chi connectivity index (χ1n) is 5.78. The zero-order valence-corrected chi connectivity index (χ0v) is 10.9. The first-order chi connectivity index (χ1) is 8.09. The zero-order valence-electron chi connectivity index (χ0n) is 9.31. The first-order valence-corrected chi connectivity index (χ1v) is 6.57. The van der Waals surface area contributed by atoms with Crippen LogP contribution in [0.25, 0.3) is 0 Å². The minimum atomic E-state index is -0.771. The van der Waals surface area contributed by atoms with Crippen LogP contribution in [0.5, 0.6) is 0 Å². The van der Waals surface area contributed by atoms with Gasteiger partial charge in [-0.15, -0.1) is 0 Å². The molecule has 0 amide bonds. The molecular formula is C13H13BrF2O. The molecule has 1 fully saturated rings. The Morgan fingerprint density at radius 2 is 1.65 bits per heavy atom. The summed E-state index contributed by atoms with van der Waals surface area (Å²) in [5.74, 6) is -2.14. The van der Waals surface area contributed by atoms with Crippen molar-refractivity contribution in [1.29, 1.82) is 0 Å². The molecule has 1 nitrogen and oxygen atoms in total. The largest absolute Gasteiger partial charge is 0.294 e. The van der Waals surface area contributed by atoms with Gasteiger partial charge in [0.25, 0.3) is 0 Å². The van der Waals surface area contributed by atoms with Crippen LogP contribution in [-0.4, -0.2) is 5.78 Å². The smallest absolute Gasteiger partial charge is 0.171 e. The predicted octanol–water partition coefficient (Wildman–Crippen LogP) is 4.49. The van der Waals surface area contributed by atoms with E-state index in [0.717, 1.165) is 44.2 Å². The van der Waals surface area contributed by atoms with Crippen LogP contribution in [0.2, 0.25) is 0 Å². The van der Waals surface area contributed by atoms with Crippen LogP contribution in [0.15, 0.2) is 16.6 Å². The average molecular weight is 303 g/mol. The Kier molecular flexibility index (Phi) is 3.92. The average Bonchev–Trinajstić information content (AvgIpc) is 2.28. The predicted molar refractivity (Wildman–Crippen MR) is 65.0 cm³/mol. The van der Waals surface area contributed by atoms with Crippen molar-refractivity contribution >= 4 is 21.7 Å². The summed E-state index contributed by atoms with van der Waals surface area (Å²) >= 11 is 3.00. The molecule has 0 aromatic heterocycles. The molecule has 0 unspecified atom stereocenters. The van der Waals surface area contributed by atoms with Crippen molar-refractivity contribution in [1.82, 2.24) is 0 Å². The minimum Gasteiger partial charge on any atom is -0.294 e. The maximum absolute atomic E-state index is 13.6. The van der Waals surface area contributed by atoms with E-state index in [9.17, 15) is 13.6 Å². The number of carbonyl (C=O) groups excluding carboxylic acids is 1. The second-order valence-electron chi connectivity index (χ2n) is 4.44. The van der Waals surface area contributed by atoms with Gasteiger partial charge in [0.2, 0.25) is 0 Å². The lowest BCUT2D eigenvalue weighted by atomic mass is 9.83. The molecule has 1 aliphatic rings. The van der Waals surface area contributed by atoms with Gasteiger partial charge in [-0.3, -0.25) is 4.79 Å². The van der Waals surface area contributed by atoms with E-state index < -0.39 is 11.6 Å². The van der Waals surface area contributed by atoms with E-state index in [4.69, 9.17) is 0 Å². The molecule has 0 bridgehead atoms. The van der Waals surface area contributed by atoms with Crippen LogP contribution in [0, 0.1) is 17.6 Å². The normalized spacial score (nSPS) is 17.1. The zero-order chi connectivity index (χ0) is 12.4. The second kappa shape index (κ2) is 5.25. The van der Waals surface area contributed by atoms with Gasteiger partial charge in [-0.1, -0.05) is 35.2 Å². The summed E-state index contributed by atoms with van der Waals surface area (Å²) < 4.78 is 27.6. The maximum atomic E-state index is 13.6. The highest BCUT2D eigenvalue weighted by atomic mass is 79.9. The van der Waals surface area contributed by atoms with Crippen molar-refractivity contribution < 1.29 is 13.6 Å². The molecule has 0 spiro atoms. The topological polar surface area (TPSA) is 17.1 Å². The molecule has 0 radical (unpaired) electrons. The van der Waals surface area contributed by atoms with Gasteiger partial charge in [0.1, 0.15) is 11.6 Å². The summed E-state index contributed by atoms with van der Waals surface area (Å²) in [4.78, 5) is 12.1. The van der Waals surface area contributed by atoms with E-state index in [2.05, 4.69) is 15.9 Å².